The van der Waals surface area contributed by atoms with Crippen molar-refractivity contribution in [1.82, 2.24) is 0 Å². The molecule has 0 unspecified atom stereocenters. The van der Waals surface area contributed by atoms with Crippen molar-refractivity contribution in [3.05, 3.63) is 0 Å². The van der Waals surface area contributed by atoms with E-state index in [1.165, 1.54) is 102 Å². The van der Waals surface area contributed by atoms with Crippen molar-refractivity contribution in [2.45, 2.75) is 104 Å². The highest BCUT2D eigenvalue weighted by Gasteiger charge is 1.97. The molecule has 0 nitrogen and oxygen atoms in total. The van der Waals surface area contributed by atoms with Crippen molar-refractivity contribution in [1.29, 1.82) is 0 Å². The van der Waals surface area contributed by atoms with Crippen LogP contribution < -0.4 is 0 Å². The maximum absolute atomic E-state index is 5.68. The van der Waals surface area contributed by atoms with Gasteiger partial charge in [0.25, 0.3) is 0 Å². The van der Waals surface area contributed by atoms with Gasteiger partial charge in [-0.05, 0) is 25.2 Å². The molecule has 0 amide bonds. The van der Waals surface area contributed by atoms with Crippen LogP contribution in [0, 0.1) is 0 Å². The summed E-state index contributed by atoms with van der Waals surface area (Å²) in [6, 6.07) is 0. The van der Waals surface area contributed by atoms with E-state index in [9.17, 15) is 0 Å². The predicted octanol–water partition coefficient (Wildman–Crippen LogP) is 7.16. The molecule has 0 rings (SSSR count). The van der Waals surface area contributed by atoms with Crippen LogP contribution in [0.4, 0.5) is 0 Å². The quantitative estimate of drug-likeness (QED) is 0.215. The standard InChI is InChI=1S/C18H39PS/c1-3-5-7-9-11-13-15-17-19(20)18-16-14-12-10-8-6-4-2/h19H,3-18H2,1-2H3. The van der Waals surface area contributed by atoms with Crippen LogP contribution in [0.3, 0.4) is 0 Å². The van der Waals surface area contributed by atoms with Crippen molar-refractivity contribution in [2.75, 3.05) is 12.3 Å². The average molecular weight is 319 g/mol. The average Bonchev–Trinajstić information content (AvgIpc) is 2.45. The van der Waals surface area contributed by atoms with E-state index in [0.717, 1.165) is 0 Å². The topological polar surface area (TPSA) is 0 Å². The van der Waals surface area contributed by atoms with Crippen molar-refractivity contribution in [3.63, 3.8) is 0 Å². The zero-order valence-electron chi connectivity index (χ0n) is 14.2. The molecule has 0 aromatic heterocycles. The monoisotopic (exact) mass is 318 g/mol. The summed E-state index contributed by atoms with van der Waals surface area (Å²) >= 11 is 5.68. The zero-order valence-corrected chi connectivity index (χ0v) is 16.0. The van der Waals surface area contributed by atoms with Gasteiger partial charge in [-0.3, -0.25) is 0 Å². The van der Waals surface area contributed by atoms with Crippen LogP contribution in [-0.4, -0.2) is 12.3 Å². The van der Waals surface area contributed by atoms with Crippen LogP contribution in [-0.2, 0) is 11.8 Å². The number of rotatable bonds is 16. The molecule has 0 atom stereocenters. The lowest BCUT2D eigenvalue weighted by Crippen LogP contribution is -1.87. The van der Waals surface area contributed by atoms with E-state index in [4.69, 9.17) is 11.8 Å². The minimum absolute atomic E-state index is 0.400. The molecule has 2 heteroatoms. The fourth-order valence-electron chi connectivity index (χ4n) is 2.68. The van der Waals surface area contributed by atoms with E-state index in [1.54, 1.807) is 0 Å². The molecule has 0 saturated heterocycles. The summed E-state index contributed by atoms with van der Waals surface area (Å²) in [6.45, 7) is 4.17. The molecule has 0 spiro atoms. The van der Waals surface area contributed by atoms with E-state index in [0.29, 0.717) is 0 Å². The van der Waals surface area contributed by atoms with Gasteiger partial charge in [-0.2, -0.15) is 0 Å². The zero-order chi connectivity index (χ0) is 14.9. The first kappa shape index (κ1) is 20.6. The van der Waals surface area contributed by atoms with Gasteiger partial charge in [0, 0.05) is 0 Å². The van der Waals surface area contributed by atoms with Gasteiger partial charge in [-0.15, -0.1) is 11.8 Å². The lowest BCUT2D eigenvalue weighted by atomic mass is 10.1. The molecule has 122 valence electrons. The largest absolute Gasteiger partial charge is 0.101 e. The van der Waals surface area contributed by atoms with E-state index >= 15 is 0 Å². The first-order valence-corrected chi connectivity index (χ1v) is 12.4. The molecular weight excluding hydrogens is 279 g/mol. The normalized spacial score (nSPS) is 11.3. The van der Waals surface area contributed by atoms with Gasteiger partial charge >= 0.3 is 0 Å². The fourth-order valence-corrected chi connectivity index (χ4v) is 5.09. The van der Waals surface area contributed by atoms with Gasteiger partial charge in [0.1, 0.15) is 0 Å². The van der Waals surface area contributed by atoms with Crippen molar-refractivity contribution in [2.24, 2.45) is 0 Å². The Morgan fingerprint density at radius 2 is 0.800 bits per heavy atom. The van der Waals surface area contributed by atoms with Gasteiger partial charge in [-0.25, -0.2) is 0 Å². The van der Waals surface area contributed by atoms with Crippen LogP contribution in [0.15, 0.2) is 0 Å². The molecule has 0 aromatic rings. The Morgan fingerprint density at radius 1 is 0.500 bits per heavy atom. The summed E-state index contributed by atoms with van der Waals surface area (Å²) in [5, 5.41) is 0. The summed E-state index contributed by atoms with van der Waals surface area (Å²) in [7, 11) is 0. The summed E-state index contributed by atoms with van der Waals surface area (Å²) in [6.07, 6.45) is 22.7. The summed E-state index contributed by atoms with van der Waals surface area (Å²) < 4.78 is 0. The lowest BCUT2D eigenvalue weighted by Gasteiger charge is -2.05. The summed E-state index contributed by atoms with van der Waals surface area (Å²) in [5.41, 5.74) is 0. The van der Waals surface area contributed by atoms with Crippen molar-refractivity contribution < 1.29 is 0 Å². The molecule has 0 radical (unpaired) electrons. The van der Waals surface area contributed by atoms with Crippen LogP contribution in [0.25, 0.3) is 0 Å². The van der Waals surface area contributed by atoms with Crippen LogP contribution in [0.1, 0.15) is 104 Å². The van der Waals surface area contributed by atoms with Gasteiger partial charge < -0.3 is 0 Å². The number of unbranched alkanes of at least 4 members (excludes halogenated alkanes) is 12. The highest BCUT2D eigenvalue weighted by molar-refractivity contribution is 8.05. The Bertz CT molecular complexity index is 184. The third-order valence-corrected chi connectivity index (χ3v) is 7.17. The number of hydrogen-bond acceptors (Lipinski definition) is 1. The van der Waals surface area contributed by atoms with Gasteiger partial charge in [0.15, 0.2) is 0 Å². The SMILES string of the molecule is CCCCCCCCC[PH](=S)CCCCCCCCC. The first-order valence-electron chi connectivity index (χ1n) is 9.33. The second-order valence-electron chi connectivity index (χ2n) is 6.28. The number of hydrogen-bond donors (Lipinski definition) is 0. The molecule has 0 aliphatic rings. The Balaban J connectivity index is 3.13. The van der Waals surface area contributed by atoms with E-state index in [1.807, 2.05) is 0 Å². The van der Waals surface area contributed by atoms with E-state index in [2.05, 4.69) is 13.8 Å². The third kappa shape index (κ3) is 16.7. The maximum atomic E-state index is 5.68. The van der Waals surface area contributed by atoms with Gasteiger partial charge in [0.05, 0.1) is 0 Å². The fraction of sp³-hybridized carbons (Fsp3) is 1.00. The molecule has 0 saturated carbocycles. The molecule has 20 heavy (non-hydrogen) atoms. The van der Waals surface area contributed by atoms with Crippen LogP contribution >= 0.6 is 6.70 Å². The van der Waals surface area contributed by atoms with Crippen molar-refractivity contribution >= 4 is 18.5 Å². The maximum Gasteiger partial charge on any atom is -0.0260 e. The summed E-state index contributed by atoms with van der Waals surface area (Å²) in [5.74, 6) is 0. The highest BCUT2D eigenvalue weighted by atomic mass is 32.4. The first-order chi connectivity index (χ1) is 9.81. The lowest BCUT2D eigenvalue weighted by molar-refractivity contribution is 0.600. The molecule has 0 aliphatic carbocycles. The van der Waals surface area contributed by atoms with Crippen molar-refractivity contribution in [3.8, 4) is 0 Å². The molecule has 0 aromatic carbocycles. The Morgan fingerprint density at radius 3 is 1.15 bits per heavy atom. The van der Waals surface area contributed by atoms with E-state index < -0.39 is 6.70 Å². The highest BCUT2D eigenvalue weighted by Crippen LogP contribution is 2.25. The smallest absolute Gasteiger partial charge is 0.0260 e. The van der Waals surface area contributed by atoms with Gasteiger partial charge in [0.2, 0.25) is 0 Å². The second-order valence-corrected chi connectivity index (χ2v) is 10.1. The second kappa shape index (κ2) is 17.7. The predicted molar refractivity (Wildman–Crippen MR) is 101 cm³/mol. The Kier molecular flexibility index (Phi) is 18.3. The molecule has 0 aliphatic heterocycles. The molecular formula is C18H39PS. The van der Waals surface area contributed by atoms with Crippen LogP contribution in [0.5, 0.6) is 0 Å². The minimum Gasteiger partial charge on any atom is -0.101 e. The molecule has 0 bridgehead atoms. The van der Waals surface area contributed by atoms with Gasteiger partial charge in [-0.1, -0.05) is 97.6 Å². The Hall–Kier alpha value is 0.650. The molecule has 0 heterocycles. The minimum atomic E-state index is -0.400. The summed E-state index contributed by atoms with van der Waals surface area (Å²) in [4.78, 5) is 0. The molecule has 0 N–H and O–H groups in total. The molecule has 0 fully saturated rings. The van der Waals surface area contributed by atoms with E-state index in [-0.39, 0.29) is 0 Å². The third-order valence-electron chi connectivity index (χ3n) is 4.12. The van der Waals surface area contributed by atoms with Crippen LogP contribution in [0.2, 0.25) is 0 Å². The Labute approximate surface area is 134 Å².